The standard InChI is InChI=1S/C13H28O6S2/c1-2-3-4-5-6-7-8-9-10-11-12-13(20(14,15)16)21(17,18)19/h13H,2-12H2,1H3,(H,14,15,16)(H,17,18,19). The molecule has 2 N–H and O–H groups in total. The molecule has 0 amide bonds. The van der Waals surface area contributed by atoms with E-state index in [0.717, 1.165) is 19.3 Å². The van der Waals surface area contributed by atoms with Gasteiger partial charge in [0.05, 0.1) is 0 Å². The quantitative estimate of drug-likeness (QED) is 0.391. The zero-order chi connectivity index (χ0) is 16.4. The zero-order valence-corrected chi connectivity index (χ0v) is 14.3. The summed E-state index contributed by atoms with van der Waals surface area (Å²) in [5, 5.41) is 0. The van der Waals surface area contributed by atoms with Gasteiger partial charge in [-0.25, -0.2) is 0 Å². The fourth-order valence-corrected chi connectivity index (χ4v) is 4.41. The van der Waals surface area contributed by atoms with Gasteiger partial charge in [-0.2, -0.15) is 16.8 Å². The highest BCUT2D eigenvalue weighted by Crippen LogP contribution is 2.17. The minimum absolute atomic E-state index is 0.270. The third kappa shape index (κ3) is 11.1. The van der Waals surface area contributed by atoms with Gasteiger partial charge in [-0.3, -0.25) is 9.11 Å². The average Bonchev–Trinajstić information content (AvgIpc) is 2.32. The third-order valence-electron chi connectivity index (χ3n) is 3.46. The van der Waals surface area contributed by atoms with Gasteiger partial charge in [0.1, 0.15) is 0 Å². The van der Waals surface area contributed by atoms with Gasteiger partial charge in [0.15, 0.2) is 0 Å². The third-order valence-corrected chi connectivity index (χ3v) is 6.72. The molecule has 21 heavy (non-hydrogen) atoms. The molecule has 0 aromatic heterocycles. The number of hydrogen-bond acceptors (Lipinski definition) is 4. The van der Waals surface area contributed by atoms with Crippen LogP contribution in [0, 0.1) is 0 Å². The van der Waals surface area contributed by atoms with E-state index in [4.69, 9.17) is 9.11 Å². The van der Waals surface area contributed by atoms with Gasteiger partial charge in [0, 0.05) is 0 Å². The molecule has 6 nitrogen and oxygen atoms in total. The average molecular weight is 344 g/mol. The molecule has 0 aliphatic rings. The summed E-state index contributed by atoms with van der Waals surface area (Å²) in [5.41, 5.74) is 0. The first-order chi connectivity index (χ1) is 9.69. The number of unbranched alkanes of at least 4 members (excludes halogenated alkanes) is 9. The smallest absolute Gasteiger partial charge is 0.284 e. The minimum Gasteiger partial charge on any atom is -0.284 e. The van der Waals surface area contributed by atoms with Gasteiger partial charge in [-0.15, -0.1) is 0 Å². The summed E-state index contributed by atoms with van der Waals surface area (Å²) >= 11 is 0. The highest BCUT2D eigenvalue weighted by Gasteiger charge is 2.34. The van der Waals surface area contributed by atoms with Crippen molar-refractivity contribution in [2.75, 3.05) is 0 Å². The maximum Gasteiger partial charge on any atom is 0.284 e. The Morgan fingerprint density at radius 2 is 1.00 bits per heavy atom. The Morgan fingerprint density at radius 1 is 0.667 bits per heavy atom. The molecule has 0 fully saturated rings. The second-order valence-electron chi connectivity index (χ2n) is 5.43. The first-order valence-electron chi connectivity index (χ1n) is 7.62. The number of rotatable bonds is 13. The molecular formula is C13H28O6S2. The molecule has 0 unspecified atom stereocenters. The first-order valence-corrected chi connectivity index (χ1v) is 10.6. The van der Waals surface area contributed by atoms with Crippen molar-refractivity contribution < 1.29 is 25.9 Å². The molecule has 0 heterocycles. The van der Waals surface area contributed by atoms with Gasteiger partial charge in [0.2, 0.25) is 4.58 Å². The second kappa shape index (κ2) is 10.5. The van der Waals surface area contributed by atoms with Crippen LogP contribution >= 0.6 is 0 Å². The largest absolute Gasteiger partial charge is 0.284 e. The summed E-state index contributed by atoms with van der Waals surface area (Å²) in [6.45, 7) is 2.17. The van der Waals surface area contributed by atoms with Crippen LogP contribution in [-0.4, -0.2) is 30.5 Å². The molecule has 128 valence electrons. The fourth-order valence-electron chi connectivity index (χ4n) is 2.25. The SMILES string of the molecule is CCCCCCCCCCCCC(S(=O)(=O)O)S(=O)(=O)O. The second-order valence-corrected chi connectivity index (χ2v) is 8.93. The normalized spacial score (nSPS) is 13.0. The van der Waals surface area contributed by atoms with Gasteiger partial charge in [-0.05, 0) is 6.42 Å². The minimum atomic E-state index is -4.77. The van der Waals surface area contributed by atoms with Crippen molar-refractivity contribution in [3.05, 3.63) is 0 Å². The monoisotopic (exact) mass is 344 g/mol. The zero-order valence-electron chi connectivity index (χ0n) is 12.7. The summed E-state index contributed by atoms with van der Waals surface area (Å²) in [7, 11) is -9.54. The molecule has 0 radical (unpaired) electrons. The van der Waals surface area contributed by atoms with Crippen LogP contribution in [0.5, 0.6) is 0 Å². The molecule has 0 aromatic rings. The molecule has 0 saturated carbocycles. The Hall–Kier alpha value is -0.180. The molecule has 0 aromatic carbocycles. The molecular weight excluding hydrogens is 316 g/mol. The van der Waals surface area contributed by atoms with Crippen LogP contribution in [0.25, 0.3) is 0 Å². The molecule has 0 atom stereocenters. The van der Waals surface area contributed by atoms with Crippen LogP contribution in [0.2, 0.25) is 0 Å². The Bertz CT molecular complexity index is 423. The van der Waals surface area contributed by atoms with Crippen molar-refractivity contribution in [3.8, 4) is 0 Å². The van der Waals surface area contributed by atoms with Gasteiger partial charge in [-0.1, -0.05) is 71.1 Å². The molecule has 0 bridgehead atoms. The van der Waals surface area contributed by atoms with E-state index in [1.54, 1.807) is 0 Å². The lowest BCUT2D eigenvalue weighted by Crippen LogP contribution is -2.29. The Labute approximate surface area is 128 Å². The maximum atomic E-state index is 10.9. The van der Waals surface area contributed by atoms with Crippen molar-refractivity contribution in [2.24, 2.45) is 0 Å². The predicted molar refractivity (Wildman–Crippen MR) is 83.3 cm³/mol. The van der Waals surface area contributed by atoms with E-state index >= 15 is 0 Å². The van der Waals surface area contributed by atoms with Gasteiger partial charge >= 0.3 is 0 Å². The lowest BCUT2D eigenvalue weighted by molar-refractivity contribution is 0.446. The van der Waals surface area contributed by atoms with Crippen molar-refractivity contribution in [3.63, 3.8) is 0 Å². The molecule has 0 aliphatic carbocycles. The predicted octanol–water partition coefficient (Wildman–Crippen LogP) is 3.40. The summed E-state index contributed by atoms with van der Waals surface area (Å²) in [5.74, 6) is 0. The molecule has 8 heteroatoms. The molecule has 0 aliphatic heterocycles. The summed E-state index contributed by atoms with van der Waals surface area (Å²) in [4.78, 5) is 0. The van der Waals surface area contributed by atoms with Crippen LogP contribution in [0.4, 0.5) is 0 Å². The fraction of sp³-hybridized carbons (Fsp3) is 1.00. The van der Waals surface area contributed by atoms with E-state index in [-0.39, 0.29) is 6.42 Å². The van der Waals surface area contributed by atoms with Crippen molar-refractivity contribution in [1.29, 1.82) is 0 Å². The Kier molecular flexibility index (Phi) is 10.4. The lowest BCUT2D eigenvalue weighted by Gasteiger charge is -2.10. The highest BCUT2D eigenvalue weighted by molar-refractivity contribution is 8.03. The van der Waals surface area contributed by atoms with E-state index in [1.165, 1.54) is 32.1 Å². The van der Waals surface area contributed by atoms with Gasteiger partial charge < -0.3 is 0 Å². The lowest BCUT2D eigenvalue weighted by atomic mass is 10.1. The topological polar surface area (TPSA) is 109 Å². The summed E-state index contributed by atoms with van der Waals surface area (Å²) in [6.07, 6.45) is 10.0. The van der Waals surface area contributed by atoms with E-state index in [1.807, 2.05) is 0 Å². The molecule has 0 rings (SSSR count). The van der Waals surface area contributed by atoms with E-state index in [0.29, 0.717) is 12.8 Å². The first kappa shape index (κ1) is 20.8. The van der Waals surface area contributed by atoms with E-state index in [2.05, 4.69) is 6.92 Å². The van der Waals surface area contributed by atoms with Crippen LogP contribution in [0.1, 0.15) is 77.6 Å². The van der Waals surface area contributed by atoms with Crippen LogP contribution in [-0.2, 0) is 20.2 Å². The summed E-state index contributed by atoms with van der Waals surface area (Å²) in [6, 6.07) is 0. The molecule has 0 spiro atoms. The molecule has 0 saturated heterocycles. The van der Waals surface area contributed by atoms with Crippen LogP contribution < -0.4 is 0 Å². The van der Waals surface area contributed by atoms with E-state index < -0.39 is 24.8 Å². The maximum absolute atomic E-state index is 10.9. The van der Waals surface area contributed by atoms with Crippen LogP contribution in [0.15, 0.2) is 0 Å². The highest BCUT2D eigenvalue weighted by atomic mass is 32.3. The van der Waals surface area contributed by atoms with Crippen molar-refractivity contribution >= 4 is 20.2 Å². The van der Waals surface area contributed by atoms with E-state index in [9.17, 15) is 16.8 Å². The Morgan fingerprint density at radius 3 is 1.33 bits per heavy atom. The van der Waals surface area contributed by atoms with Gasteiger partial charge in [0.25, 0.3) is 20.2 Å². The van der Waals surface area contributed by atoms with Crippen LogP contribution in [0.3, 0.4) is 0 Å². The summed E-state index contributed by atoms with van der Waals surface area (Å²) < 4.78 is 59.0. The number of hydrogen-bond donors (Lipinski definition) is 2. The van der Waals surface area contributed by atoms with Crippen molar-refractivity contribution in [1.82, 2.24) is 0 Å². The Balaban J connectivity index is 3.75. The van der Waals surface area contributed by atoms with Crippen molar-refractivity contribution in [2.45, 2.75) is 82.1 Å².